The summed E-state index contributed by atoms with van der Waals surface area (Å²) in [4.78, 5) is 4.17. The number of hydrogen-bond donors (Lipinski definition) is 3. The third-order valence-corrected chi connectivity index (χ3v) is 4.06. The number of H-pyrrole nitrogens is 1. The summed E-state index contributed by atoms with van der Waals surface area (Å²) in [5.41, 5.74) is 4.35. The van der Waals surface area contributed by atoms with Crippen LogP contribution in [0.1, 0.15) is 30.0 Å². The molecule has 1 aromatic carbocycles. The van der Waals surface area contributed by atoms with E-state index in [0.717, 1.165) is 29.7 Å². The topological polar surface area (TPSA) is 73.8 Å². The molecule has 24 heavy (non-hydrogen) atoms. The number of aromatic amines is 1. The van der Waals surface area contributed by atoms with Crippen LogP contribution in [0.4, 0.5) is 0 Å². The van der Waals surface area contributed by atoms with E-state index in [1.165, 1.54) is 5.56 Å². The molecule has 3 rings (SSSR count). The van der Waals surface area contributed by atoms with E-state index in [-0.39, 0.29) is 12.6 Å². The van der Waals surface area contributed by atoms with E-state index in [9.17, 15) is 0 Å². The first-order chi connectivity index (χ1) is 11.9. The highest BCUT2D eigenvalue weighted by Gasteiger charge is 2.13. The zero-order valence-corrected chi connectivity index (χ0v) is 13.5. The van der Waals surface area contributed by atoms with Gasteiger partial charge in [0.1, 0.15) is 0 Å². The highest BCUT2D eigenvalue weighted by molar-refractivity contribution is 5.61. The lowest BCUT2D eigenvalue weighted by atomic mass is 10.0. The number of nitrogens with zero attached hydrogens (tertiary/aromatic N) is 2. The number of rotatable bonds is 8. The van der Waals surface area contributed by atoms with Gasteiger partial charge < -0.3 is 10.4 Å². The monoisotopic (exact) mass is 322 g/mol. The second-order valence-corrected chi connectivity index (χ2v) is 5.72. The highest BCUT2D eigenvalue weighted by Crippen LogP contribution is 2.22. The van der Waals surface area contributed by atoms with Gasteiger partial charge in [-0.25, -0.2) is 0 Å². The Morgan fingerprint density at radius 2 is 1.96 bits per heavy atom. The van der Waals surface area contributed by atoms with E-state index >= 15 is 0 Å². The molecule has 0 aliphatic heterocycles. The predicted molar refractivity (Wildman–Crippen MR) is 94.2 cm³/mol. The maximum absolute atomic E-state index is 9.16. The molecule has 0 bridgehead atoms. The normalized spacial score (nSPS) is 12.2. The van der Waals surface area contributed by atoms with Gasteiger partial charge in [0.2, 0.25) is 0 Å². The Kier molecular flexibility index (Phi) is 5.71. The average molecular weight is 322 g/mol. The van der Waals surface area contributed by atoms with E-state index in [0.29, 0.717) is 6.54 Å². The lowest BCUT2D eigenvalue weighted by molar-refractivity contribution is 0.275. The van der Waals surface area contributed by atoms with Gasteiger partial charge in [-0.1, -0.05) is 30.3 Å². The summed E-state index contributed by atoms with van der Waals surface area (Å²) in [6.07, 6.45) is 7.10. The quantitative estimate of drug-likeness (QED) is 0.596. The molecule has 0 aliphatic carbocycles. The van der Waals surface area contributed by atoms with Crippen LogP contribution >= 0.6 is 0 Å². The SMILES string of the molecule is OCCCC(NCc1cn[nH]c1-c1cccnc1)c1ccccc1. The van der Waals surface area contributed by atoms with Crippen LogP contribution in [0.15, 0.2) is 61.1 Å². The van der Waals surface area contributed by atoms with Crippen molar-refractivity contribution in [1.82, 2.24) is 20.5 Å². The Labute approximate surface area is 141 Å². The molecule has 1 unspecified atom stereocenters. The average Bonchev–Trinajstić information content (AvgIpc) is 3.12. The van der Waals surface area contributed by atoms with Crippen LogP contribution in [0.2, 0.25) is 0 Å². The molecule has 0 fully saturated rings. The van der Waals surface area contributed by atoms with Crippen LogP contribution in [0, 0.1) is 0 Å². The molecule has 5 nitrogen and oxygen atoms in total. The smallest absolute Gasteiger partial charge is 0.0710 e. The molecule has 5 heteroatoms. The first-order valence-electron chi connectivity index (χ1n) is 8.20. The van der Waals surface area contributed by atoms with Crippen LogP contribution in [-0.4, -0.2) is 26.9 Å². The Morgan fingerprint density at radius 3 is 2.71 bits per heavy atom. The minimum atomic E-state index is 0.204. The van der Waals surface area contributed by atoms with Crippen molar-refractivity contribution in [2.24, 2.45) is 0 Å². The van der Waals surface area contributed by atoms with Crippen molar-refractivity contribution in [3.8, 4) is 11.3 Å². The molecule has 124 valence electrons. The largest absolute Gasteiger partial charge is 0.396 e. The first kappa shape index (κ1) is 16.4. The van der Waals surface area contributed by atoms with Gasteiger partial charge in [0.25, 0.3) is 0 Å². The minimum absolute atomic E-state index is 0.204. The van der Waals surface area contributed by atoms with Gasteiger partial charge in [0.05, 0.1) is 11.9 Å². The third kappa shape index (κ3) is 4.07. The molecule has 0 spiro atoms. The fourth-order valence-corrected chi connectivity index (χ4v) is 2.81. The molecule has 0 saturated carbocycles. The van der Waals surface area contributed by atoms with Crippen molar-refractivity contribution in [2.45, 2.75) is 25.4 Å². The molecule has 0 amide bonds. The van der Waals surface area contributed by atoms with Crippen molar-refractivity contribution in [1.29, 1.82) is 0 Å². The Bertz CT molecular complexity index is 727. The van der Waals surface area contributed by atoms with E-state index in [1.807, 2.05) is 42.7 Å². The van der Waals surface area contributed by atoms with Crippen molar-refractivity contribution in [3.05, 3.63) is 72.2 Å². The van der Waals surface area contributed by atoms with Gasteiger partial charge in [-0.3, -0.25) is 10.1 Å². The van der Waals surface area contributed by atoms with E-state index in [2.05, 4.69) is 32.6 Å². The summed E-state index contributed by atoms with van der Waals surface area (Å²) in [6.45, 7) is 0.906. The van der Waals surface area contributed by atoms with Crippen molar-refractivity contribution < 1.29 is 5.11 Å². The molecular weight excluding hydrogens is 300 g/mol. The lowest BCUT2D eigenvalue weighted by Crippen LogP contribution is -2.21. The minimum Gasteiger partial charge on any atom is -0.396 e. The van der Waals surface area contributed by atoms with Gasteiger partial charge in [0.15, 0.2) is 0 Å². The molecule has 2 heterocycles. The summed E-state index contributed by atoms with van der Waals surface area (Å²) in [7, 11) is 0. The molecule has 0 saturated heterocycles. The van der Waals surface area contributed by atoms with Gasteiger partial charge in [-0.15, -0.1) is 0 Å². The molecular formula is C19H22N4O. The summed E-state index contributed by atoms with van der Waals surface area (Å²) in [5, 5.41) is 20.0. The maximum atomic E-state index is 9.16. The zero-order chi connectivity index (χ0) is 16.6. The molecule has 0 radical (unpaired) electrons. The molecule has 2 aromatic heterocycles. The number of aromatic nitrogens is 3. The van der Waals surface area contributed by atoms with Gasteiger partial charge in [0, 0.05) is 42.7 Å². The number of pyridine rings is 1. The van der Waals surface area contributed by atoms with Gasteiger partial charge >= 0.3 is 0 Å². The third-order valence-electron chi connectivity index (χ3n) is 4.06. The maximum Gasteiger partial charge on any atom is 0.0710 e. The molecule has 0 aliphatic rings. The van der Waals surface area contributed by atoms with Gasteiger partial charge in [-0.2, -0.15) is 5.10 Å². The standard InChI is InChI=1S/C19H22N4O/c24-11-5-9-18(15-6-2-1-3-7-15)21-13-17-14-22-23-19(17)16-8-4-10-20-12-16/h1-4,6-8,10,12,14,18,21,24H,5,9,11,13H2,(H,22,23). The lowest BCUT2D eigenvalue weighted by Gasteiger charge is -2.19. The fourth-order valence-electron chi connectivity index (χ4n) is 2.81. The summed E-state index contributed by atoms with van der Waals surface area (Å²) in [6, 6.07) is 14.5. The summed E-state index contributed by atoms with van der Waals surface area (Å²) >= 11 is 0. The Balaban J connectivity index is 1.72. The number of nitrogens with one attached hydrogen (secondary N) is 2. The first-order valence-corrected chi connectivity index (χ1v) is 8.20. The molecule has 3 N–H and O–H groups in total. The summed E-state index contributed by atoms with van der Waals surface area (Å²) in [5.74, 6) is 0. The van der Waals surface area contributed by atoms with Crippen molar-refractivity contribution in [2.75, 3.05) is 6.61 Å². The van der Waals surface area contributed by atoms with Crippen LogP contribution in [0.5, 0.6) is 0 Å². The zero-order valence-electron chi connectivity index (χ0n) is 13.5. The Hall–Kier alpha value is -2.50. The van der Waals surface area contributed by atoms with Crippen LogP contribution in [-0.2, 0) is 6.54 Å². The number of aliphatic hydroxyl groups is 1. The number of aliphatic hydroxyl groups excluding tert-OH is 1. The van der Waals surface area contributed by atoms with Crippen LogP contribution in [0.3, 0.4) is 0 Å². The van der Waals surface area contributed by atoms with Crippen LogP contribution in [0.25, 0.3) is 11.3 Å². The van der Waals surface area contributed by atoms with Gasteiger partial charge in [-0.05, 0) is 30.5 Å². The second kappa shape index (κ2) is 8.38. The molecule has 1 atom stereocenters. The number of hydrogen-bond acceptors (Lipinski definition) is 4. The highest BCUT2D eigenvalue weighted by atomic mass is 16.2. The van der Waals surface area contributed by atoms with E-state index in [1.54, 1.807) is 6.20 Å². The van der Waals surface area contributed by atoms with Crippen molar-refractivity contribution >= 4 is 0 Å². The van der Waals surface area contributed by atoms with E-state index in [4.69, 9.17) is 5.11 Å². The Morgan fingerprint density at radius 1 is 1.08 bits per heavy atom. The number of benzene rings is 1. The molecule has 3 aromatic rings. The van der Waals surface area contributed by atoms with Crippen LogP contribution < -0.4 is 5.32 Å². The van der Waals surface area contributed by atoms with E-state index < -0.39 is 0 Å². The van der Waals surface area contributed by atoms with Crippen molar-refractivity contribution in [3.63, 3.8) is 0 Å². The second-order valence-electron chi connectivity index (χ2n) is 5.72. The predicted octanol–water partition coefficient (Wildman–Crippen LogP) is 3.08. The fraction of sp³-hybridized carbons (Fsp3) is 0.263. The summed E-state index contributed by atoms with van der Waals surface area (Å²) < 4.78 is 0.